The molecule has 0 aliphatic heterocycles. The predicted molar refractivity (Wildman–Crippen MR) is 121 cm³/mol. The number of aryl methyl sites for hydroxylation is 1. The topological polar surface area (TPSA) is 64.0 Å². The minimum atomic E-state index is 0.0112. The molecule has 0 aromatic carbocycles. The Kier molecular flexibility index (Phi) is 6.44. The largest absolute Gasteiger partial charge is 0.353 e. The normalized spacial score (nSPS) is 19.8. The first-order valence-electron chi connectivity index (χ1n) is 10.6. The highest BCUT2D eigenvalue weighted by Crippen LogP contribution is 2.36. The number of hydrogen-bond donors (Lipinski definition) is 1. The summed E-state index contributed by atoms with van der Waals surface area (Å²) < 4.78 is 1.68. The van der Waals surface area contributed by atoms with Crippen molar-refractivity contribution in [2.75, 3.05) is 5.75 Å². The van der Waals surface area contributed by atoms with Gasteiger partial charge in [-0.2, -0.15) is 0 Å². The van der Waals surface area contributed by atoms with Gasteiger partial charge in [-0.3, -0.25) is 14.2 Å². The Balaban J connectivity index is 1.58. The fourth-order valence-electron chi connectivity index (χ4n) is 4.45. The van der Waals surface area contributed by atoms with Crippen molar-refractivity contribution in [2.45, 2.75) is 76.0 Å². The molecule has 2 aliphatic carbocycles. The first-order chi connectivity index (χ1) is 14.1. The van der Waals surface area contributed by atoms with E-state index in [1.807, 2.05) is 0 Å². The number of nitrogens with one attached hydrogen (secondary N) is 1. The molecule has 5 nitrogen and oxygen atoms in total. The van der Waals surface area contributed by atoms with Crippen LogP contribution in [-0.2, 0) is 24.2 Å². The maximum absolute atomic E-state index is 13.3. The summed E-state index contributed by atoms with van der Waals surface area (Å²) in [7, 11) is 0. The zero-order valence-corrected chi connectivity index (χ0v) is 18.7. The van der Waals surface area contributed by atoms with E-state index < -0.39 is 0 Å². The van der Waals surface area contributed by atoms with Crippen molar-refractivity contribution in [1.29, 1.82) is 0 Å². The lowest BCUT2D eigenvalue weighted by Crippen LogP contribution is -2.37. The molecule has 156 valence electrons. The average Bonchev–Trinajstić information content (AvgIpc) is 3.07. The quantitative estimate of drug-likeness (QED) is 0.421. The van der Waals surface area contributed by atoms with Gasteiger partial charge >= 0.3 is 0 Å². The van der Waals surface area contributed by atoms with E-state index in [9.17, 15) is 9.59 Å². The molecule has 2 aromatic heterocycles. The van der Waals surface area contributed by atoms with Crippen molar-refractivity contribution in [3.63, 3.8) is 0 Å². The Morgan fingerprint density at radius 3 is 2.90 bits per heavy atom. The second-order valence-electron chi connectivity index (χ2n) is 8.32. The SMILES string of the molecule is C=CCn1c(SCC(=O)NC2CCCCC2)nc2sc3c(c2c1=O)CC[C@@H](C)C3. The number of nitrogens with zero attached hydrogens (tertiary/aromatic N) is 2. The van der Waals surface area contributed by atoms with Crippen LogP contribution in [0.15, 0.2) is 22.6 Å². The van der Waals surface area contributed by atoms with Crippen LogP contribution < -0.4 is 10.9 Å². The number of thioether (sulfide) groups is 1. The highest BCUT2D eigenvalue weighted by molar-refractivity contribution is 7.99. The van der Waals surface area contributed by atoms with Crippen LogP contribution in [0.25, 0.3) is 10.2 Å². The molecule has 1 atom stereocenters. The molecule has 2 aliphatic rings. The Morgan fingerprint density at radius 2 is 2.14 bits per heavy atom. The third-order valence-corrected chi connectivity index (χ3v) is 8.12. The van der Waals surface area contributed by atoms with Crippen molar-refractivity contribution >= 4 is 39.2 Å². The molecule has 1 amide bonds. The van der Waals surface area contributed by atoms with Gasteiger partial charge < -0.3 is 5.32 Å². The number of amides is 1. The van der Waals surface area contributed by atoms with Gasteiger partial charge in [0.2, 0.25) is 5.91 Å². The maximum atomic E-state index is 13.3. The van der Waals surface area contributed by atoms with E-state index in [4.69, 9.17) is 4.98 Å². The first-order valence-corrected chi connectivity index (χ1v) is 12.4. The van der Waals surface area contributed by atoms with Crippen LogP contribution in [0.2, 0.25) is 0 Å². The van der Waals surface area contributed by atoms with Crippen molar-refractivity contribution < 1.29 is 4.79 Å². The number of fused-ring (bicyclic) bond motifs is 3. The summed E-state index contributed by atoms with van der Waals surface area (Å²) in [6, 6.07) is 0.300. The minimum absolute atomic E-state index is 0.0112. The van der Waals surface area contributed by atoms with E-state index in [1.54, 1.807) is 22.0 Å². The summed E-state index contributed by atoms with van der Waals surface area (Å²) in [6.07, 6.45) is 10.6. The highest BCUT2D eigenvalue weighted by Gasteiger charge is 2.25. The van der Waals surface area contributed by atoms with Gasteiger partial charge in [-0.25, -0.2) is 4.98 Å². The number of carbonyl (C=O) groups excluding carboxylic acids is 1. The van der Waals surface area contributed by atoms with Gasteiger partial charge in [0.1, 0.15) is 4.83 Å². The van der Waals surface area contributed by atoms with Gasteiger partial charge in [-0.05, 0) is 43.6 Å². The molecular formula is C22H29N3O2S2. The van der Waals surface area contributed by atoms with Crippen LogP contribution in [-0.4, -0.2) is 27.3 Å². The van der Waals surface area contributed by atoms with E-state index in [1.165, 1.54) is 41.5 Å². The molecule has 0 saturated heterocycles. The summed E-state index contributed by atoms with van der Waals surface area (Å²) in [5.74, 6) is 0.970. The number of rotatable bonds is 6. The number of hydrogen-bond acceptors (Lipinski definition) is 5. The molecule has 1 fully saturated rings. The second-order valence-corrected chi connectivity index (χ2v) is 10.3. The zero-order chi connectivity index (χ0) is 20.4. The Hall–Kier alpha value is -1.60. The van der Waals surface area contributed by atoms with Crippen LogP contribution >= 0.6 is 23.1 Å². The monoisotopic (exact) mass is 431 g/mol. The number of allylic oxidation sites excluding steroid dienone is 1. The highest BCUT2D eigenvalue weighted by atomic mass is 32.2. The average molecular weight is 432 g/mol. The Morgan fingerprint density at radius 1 is 1.34 bits per heavy atom. The number of aromatic nitrogens is 2. The first kappa shape index (κ1) is 20.7. The van der Waals surface area contributed by atoms with Gasteiger partial charge in [0, 0.05) is 17.5 Å². The molecule has 4 rings (SSSR count). The van der Waals surface area contributed by atoms with Gasteiger partial charge in [0.15, 0.2) is 5.16 Å². The summed E-state index contributed by atoms with van der Waals surface area (Å²) in [5.41, 5.74) is 1.21. The van der Waals surface area contributed by atoms with Crippen LogP contribution in [0.4, 0.5) is 0 Å². The summed E-state index contributed by atoms with van der Waals surface area (Å²) >= 11 is 3.02. The van der Waals surface area contributed by atoms with E-state index >= 15 is 0 Å². The third-order valence-electron chi connectivity index (χ3n) is 5.99. The zero-order valence-electron chi connectivity index (χ0n) is 17.0. The molecule has 2 heterocycles. The molecular weight excluding hydrogens is 402 g/mol. The van der Waals surface area contributed by atoms with Crippen molar-refractivity contribution in [3.05, 3.63) is 33.4 Å². The van der Waals surface area contributed by atoms with Crippen LogP contribution in [0, 0.1) is 5.92 Å². The molecule has 0 unspecified atom stereocenters. The molecule has 1 N–H and O–H groups in total. The Bertz CT molecular complexity index is 973. The lowest BCUT2D eigenvalue weighted by molar-refractivity contribution is -0.119. The van der Waals surface area contributed by atoms with Gasteiger partial charge in [0.25, 0.3) is 5.56 Å². The van der Waals surface area contributed by atoms with E-state index in [2.05, 4.69) is 18.8 Å². The van der Waals surface area contributed by atoms with Crippen molar-refractivity contribution in [1.82, 2.24) is 14.9 Å². The van der Waals surface area contributed by atoms with E-state index in [-0.39, 0.29) is 17.2 Å². The third kappa shape index (κ3) is 4.45. The molecule has 7 heteroatoms. The van der Waals surface area contributed by atoms with E-state index in [0.717, 1.165) is 42.3 Å². The molecule has 0 spiro atoms. The molecule has 0 bridgehead atoms. The van der Waals surface area contributed by atoms with E-state index in [0.29, 0.717) is 23.7 Å². The molecule has 2 aromatic rings. The fourth-order valence-corrected chi connectivity index (χ4v) is 6.70. The number of carbonyl (C=O) groups is 1. The summed E-state index contributed by atoms with van der Waals surface area (Å²) in [5, 5.41) is 4.55. The van der Waals surface area contributed by atoms with Crippen LogP contribution in [0.3, 0.4) is 0 Å². The fraction of sp³-hybridized carbons (Fsp3) is 0.591. The van der Waals surface area contributed by atoms with Gasteiger partial charge in [0.05, 0.1) is 11.1 Å². The lowest BCUT2D eigenvalue weighted by atomic mass is 9.89. The van der Waals surface area contributed by atoms with Crippen molar-refractivity contribution in [3.8, 4) is 0 Å². The molecule has 1 saturated carbocycles. The van der Waals surface area contributed by atoms with Gasteiger partial charge in [-0.15, -0.1) is 17.9 Å². The smallest absolute Gasteiger partial charge is 0.263 e. The second kappa shape index (κ2) is 9.04. The number of thiophene rings is 1. The minimum Gasteiger partial charge on any atom is -0.353 e. The van der Waals surface area contributed by atoms with Crippen LogP contribution in [0.5, 0.6) is 0 Å². The predicted octanol–water partition coefficient (Wildman–Crippen LogP) is 4.31. The van der Waals surface area contributed by atoms with Crippen LogP contribution in [0.1, 0.15) is 55.9 Å². The summed E-state index contributed by atoms with van der Waals surface area (Å²) in [4.78, 5) is 32.7. The maximum Gasteiger partial charge on any atom is 0.263 e. The van der Waals surface area contributed by atoms with Crippen molar-refractivity contribution in [2.24, 2.45) is 5.92 Å². The molecule has 0 radical (unpaired) electrons. The standard InChI is InChI=1S/C22H29N3O2S2/c1-3-11-25-21(27)19-16-10-9-14(2)12-17(16)29-20(19)24-22(25)28-13-18(26)23-15-7-5-4-6-8-15/h3,14-15H,1,4-13H2,2H3,(H,23,26)/t14-/m1/s1. The van der Waals surface area contributed by atoms with Gasteiger partial charge in [-0.1, -0.05) is 44.0 Å². The summed E-state index contributed by atoms with van der Waals surface area (Å²) in [6.45, 7) is 6.48. The lowest BCUT2D eigenvalue weighted by Gasteiger charge is -2.22. The molecule has 29 heavy (non-hydrogen) atoms. The Labute approximate surface area is 180 Å².